The predicted molar refractivity (Wildman–Crippen MR) is 91.5 cm³/mol. The first-order chi connectivity index (χ1) is 11.9. The Kier molecular flexibility index (Phi) is 5.45. The maximum absolute atomic E-state index is 12.8. The Bertz CT molecular complexity index is 697. The van der Waals surface area contributed by atoms with Gasteiger partial charge in [0.15, 0.2) is 5.76 Å². The van der Waals surface area contributed by atoms with Crippen LogP contribution in [0.5, 0.6) is 0 Å². The van der Waals surface area contributed by atoms with E-state index in [1.54, 1.807) is 18.7 Å². The van der Waals surface area contributed by atoms with E-state index >= 15 is 0 Å². The Morgan fingerprint density at radius 2 is 2.00 bits per heavy atom. The van der Waals surface area contributed by atoms with Crippen LogP contribution in [0.15, 0.2) is 9.42 Å². The van der Waals surface area contributed by atoms with Crippen molar-refractivity contribution in [2.75, 3.05) is 39.3 Å². The molecule has 0 aliphatic carbocycles. The number of aryl methyl sites for hydroxylation is 2. The SMILES string of the molecule is Cc1noc(C)c1S(=O)(=O)N1CCN(C(=O)CCC2CCNC2)CC1. The molecule has 1 atom stereocenters. The first kappa shape index (κ1) is 18.3. The number of carbonyl (C=O) groups excluding carboxylic acids is 1. The molecule has 2 aliphatic rings. The second-order valence-corrected chi connectivity index (χ2v) is 8.71. The van der Waals surface area contributed by atoms with E-state index in [4.69, 9.17) is 4.52 Å². The van der Waals surface area contributed by atoms with Crippen LogP contribution in [-0.2, 0) is 14.8 Å². The number of sulfonamides is 1. The molecule has 3 rings (SSSR count). The summed E-state index contributed by atoms with van der Waals surface area (Å²) in [7, 11) is -3.62. The van der Waals surface area contributed by atoms with Gasteiger partial charge >= 0.3 is 0 Å². The number of carbonyl (C=O) groups is 1. The minimum atomic E-state index is -3.62. The first-order valence-electron chi connectivity index (χ1n) is 8.81. The fourth-order valence-electron chi connectivity index (χ4n) is 3.60. The summed E-state index contributed by atoms with van der Waals surface area (Å²) in [5.74, 6) is 1.02. The quantitative estimate of drug-likeness (QED) is 0.812. The summed E-state index contributed by atoms with van der Waals surface area (Å²) in [6.45, 7) is 6.75. The average molecular weight is 370 g/mol. The number of hydrogen-bond acceptors (Lipinski definition) is 6. The van der Waals surface area contributed by atoms with Crippen molar-refractivity contribution in [3.8, 4) is 0 Å². The van der Waals surface area contributed by atoms with Crippen molar-refractivity contribution in [3.05, 3.63) is 11.5 Å². The topological polar surface area (TPSA) is 95.8 Å². The molecule has 0 bridgehead atoms. The summed E-state index contributed by atoms with van der Waals surface area (Å²) in [5, 5.41) is 7.04. The third kappa shape index (κ3) is 3.88. The number of nitrogens with one attached hydrogen (secondary N) is 1. The summed E-state index contributed by atoms with van der Waals surface area (Å²) >= 11 is 0. The van der Waals surface area contributed by atoms with Crippen LogP contribution in [0.3, 0.4) is 0 Å². The third-order valence-electron chi connectivity index (χ3n) is 5.09. The lowest BCUT2D eigenvalue weighted by Crippen LogP contribution is -2.50. The van der Waals surface area contributed by atoms with Crippen LogP contribution in [0.25, 0.3) is 0 Å². The molecule has 9 heteroatoms. The molecule has 3 heterocycles. The molecule has 1 aromatic heterocycles. The molecule has 0 saturated carbocycles. The molecule has 8 nitrogen and oxygen atoms in total. The van der Waals surface area contributed by atoms with Crippen LogP contribution in [0.2, 0.25) is 0 Å². The summed E-state index contributed by atoms with van der Waals surface area (Å²) in [6, 6.07) is 0. The van der Waals surface area contributed by atoms with Crippen LogP contribution >= 0.6 is 0 Å². The highest BCUT2D eigenvalue weighted by Crippen LogP contribution is 2.24. The predicted octanol–water partition coefficient (Wildman–Crippen LogP) is 0.514. The standard InChI is InChI=1S/C16H26N4O4S/c1-12-16(13(2)24-18-12)25(22,23)20-9-7-19(8-10-20)15(21)4-3-14-5-6-17-11-14/h14,17H,3-11H2,1-2H3. The van der Waals surface area contributed by atoms with Crippen molar-refractivity contribution in [2.24, 2.45) is 5.92 Å². The molecule has 0 radical (unpaired) electrons. The highest BCUT2D eigenvalue weighted by Gasteiger charge is 2.34. The first-order valence-corrected chi connectivity index (χ1v) is 10.2. The average Bonchev–Trinajstić information content (AvgIpc) is 3.22. The van der Waals surface area contributed by atoms with Gasteiger partial charge in [0.25, 0.3) is 0 Å². The number of aromatic nitrogens is 1. The fraction of sp³-hybridized carbons (Fsp3) is 0.750. The number of nitrogens with zero attached hydrogens (tertiary/aromatic N) is 3. The van der Waals surface area contributed by atoms with Gasteiger partial charge in [-0.3, -0.25) is 4.79 Å². The zero-order valence-electron chi connectivity index (χ0n) is 14.8. The van der Waals surface area contributed by atoms with E-state index in [0.29, 0.717) is 50.0 Å². The van der Waals surface area contributed by atoms with Crippen molar-refractivity contribution in [3.63, 3.8) is 0 Å². The highest BCUT2D eigenvalue weighted by atomic mass is 32.2. The fourth-order valence-corrected chi connectivity index (χ4v) is 5.31. The van der Waals surface area contributed by atoms with Gasteiger partial charge in [-0.2, -0.15) is 4.31 Å². The van der Waals surface area contributed by atoms with Crippen molar-refractivity contribution in [2.45, 2.75) is 38.0 Å². The van der Waals surface area contributed by atoms with E-state index in [2.05, 4.69) is 10.5 Å². The molecule has 140 valence electrons. The Labute approximate surface area is 148 Å². The molecular weight excluding hydrogens is 344 g/mol. The minimum absolute atomic E-state index is 0.126. The number of rotatable bonds is 5. The lowest BCUT2D eigenvalue weighted by atomic mass is 10.0. The van der Waals surface area contributed by atoms with Crippen molar-refractivity contribution >= 4 is 15.9 Å². The largest absolute Gasteiger partial charge is 0.360 e. The molecule has 1 amide bonds. The summed E-state index contributed by atoms with van der Waals surface area (Å²) in [5.41, 5.74) is 0.376. The van der Waals surface area contributed by atoms with Crippen molar-refractivity contribution in [1.29, 1.82) is 0 Å². The van der Waals surface area contributed by atoms with Gasteiger partial charge in [-0.15, -0.1) is 0 Å². The van der Waals surface area contributed by atoms with E-state index in [0.717, 1.165) is 25.9 Å². The Hall–Kier alpha value is -1.45. The second kappa shape index (κ2) is 7.43. The van der Waals surface area contributed by atoms with Gasteiger partial charge in [0.05, 0.1) is 0 Å². The molecule has 2 fully saturated rings. The zero-order valence-corrected chi connectivity index (χ0v) is 15.6. The van der Waals surface area contributed by atoms with Gasteiger partial charge in [0, 0.05) is 32.6 Å². The maximum Gasteiger partial charge on any atom is 0.248 e. The summed E-state index contributed by atoms with van der Waals surface area (Å²) in [4.78, 5) is 14.3. The van der Waals surface area contributed by atoms with Crippen LogP contribution in [0.1, 0.15) is 30.7 Å². The van der Waals surface area contributed by atoms with E-state index in [1.807, 2.05) is 0 Å². The molecule has 2 saturated heterocycles. The molecule has 0 aromatic carbocycles. The van der Waals surface area contributed by atoms with Gasteiger partial charge in [-0.05, 0) is 45.7 Å². The van der Waals surface area contributed by atoms with Crippen LogP contribution in [0.4, 0.5) is 0 Å². The summed E-state index contributed by atoms with van der Waals surface area (Å²) in [6.07, 6.45) is 2.59. The molecule has 2 aliphatic heterocycles. The molecule has 1 N–H and O–H groups in total. The number of hydrogen-bond donors (Lipinski definition) is 1. The van der Waals surface area contributed by atoms with Crippen LogP contribution < -0.4 is 5.32 Å². The van der Waals surface area contributed by atoms with Gasteiger partial charge in [0.1, 0.15) is 10.6 Å². The lowest BCUT2D eigenvalue weighted by molar-refractivity contribution is -0.132. The van der Waals surface area contributed by atoms with Gasteiger partial charge in [-0.1, -0.05) is 5.16 Å². The zero-order chi connectivity index (χ0) is 18.0. The normalized spacial score (nSPS) is 22.5. The van der Waals surface area contributed by atoms with Gasteiger partial charge in [-0.25, -0.2) is 8.42 Å². The third-order valence-corrected chi connectivity index (χ3v) is 7.23. The van der Waals surface area contributed by atoms with Crippen molar-refractivity contribution in [1.82, 2.24) is 19.7 Å². The van der Waals surface area contributed by atoms with Crippen LogP contribution in [-0.4, -0.2) is 68.0 Å². The molecule has 1 aromatic rings. The Morgan fingerprint density at radius 1 is 1.28 bits per heavy atom. The van der Waals surface area contributed by atoms with Crippen molar-refractivity contribution < 1.29 is 17.7 Å². The molecule has 25 heavy (non-hydrogen) atoms. The second-order valence-electron chi connectivity index (χ2n) is 6.84. The van der Waals surface area contributed by atoms with Gasteiger partial charge < -0.3 is 14.7 Å². The van der Waals surface area contributed by atoms with Gasteiger partial charge in [0.2, 0.25) is 15.9 Å². The number of amides is 1. The maximum atomic E-state index is 12.8. The Balaban J connectivity index is 1.55. The lowest BCUT2D eigenvalue weighted by Gasteiger charge is -2.34. The molecular formula is C16H26N4O4S. The molecule has 0 spiro atoms. The van der Waals surface area contributed by atoms with E-state index < -0.39 is 10.0 Å². The highest BCUT2D eigenvalue weighted by molar-refractivity contribution is 7.89. The van der Waals surface area contributed by atoms with E-state index in [-0.39, 0.29) is 10.8 Å². The Morgan fingerprint density at radius 3 is 2.56 bits per heavy atom. The molecule has 1 unspecified atom stereocenters. The van der Waals surface area contributed by atoms with Crippen LogP contribution in [0, 0.1) is 19.8 Å². The number of piperazine rings is 1. The minimum Gasteiger partial charge on any atom is -0.360 e. The monoisotopic (exact) mass is 370 g/mol. The smallest absolute Gasteiger partial charge is 0.248 e. The summed E-state index contributed by atoms with van der Waals surface area (Å²) < 4.78 is 32.0. The van der Waals surface area contributed by atoms with E-state index in [9.17, 15) is 13.2 Å². The van der Waals surface area contributed by atoms with E-state index in [1.165, 1.54) is 4.31 Å².